The van der Waals surface area contributed by atoms with Crippen LogP contribution in [0.25, 0.3) is 6.08 Å². The number of halogens is 2. The molecule has 3 aromatic rings. The molecule has 0 aliphatic carbocycles. The maximum atomic E-state index is 12.8. The molecule has 174 valence electrons. The van der Waals surface area contributed by atoms with Gasteiger partial charge in [0.25, 0.3) is 5.91 Å². The highest BCUT2D eigenvalue weighted by Gasteiger charge is 2.15. The molecule has 5 nitrogen and oxygen atoms in total. The zero-order chi connectivity index (χ0) is 24.7. The van der Waals surface area contributed by atoms with E-state index in [1.807, 2.05) is 57.2 Å². The Morgan fingerprint density at radius 2 is 1.79 bits per heavy atom. The fraction of sp³-hybridized carbons (Fsp3) is 0.185. The topological polar surface area (TPSA) is 71.3 Å². The fourth-order valence-electron chi connectivity index (χ4n) is 3.19. The maximum absolute atomic E-state index is 12.8. The highest BCUT2D eigenvalue weighted by atomic mass is 35.5. The Kier molecular flexibility index (Phi) is 8.59. The molecule has 0 unspecified atom stereocenters. The quantitative estimate of drug-likeness (QED) is 0.267. The summed E-state index contributed by atoms with van der Waals surface area (Å²) in [5, 5.41) is 13.4. The number of aryl methyl sites for hydroxylation is 2. The average molecular weight is 495 g/mol. The molecule has 1 amide bonds. The predicted octanol–water partition coefficient (Wildman–Crippen LogP) is 7.13. The summed E-state index contributed by atoms with van der Waals surface area (Å²) >= 11 is 12.4. The van der Waals surface area contributed by atoms with Gasteiger partial charge in [-0.05, 0) is 79.4 Å². The van der Waals surface area contributed by atoms with Crippen LogP contribution in [0.2, 0.25) is 10.0 Å². The molecule has 3 rings (SSSR count). The average Bonchev–Trinajstić information content (AvgIpc) is 2.80. The number of nitrogens with one attached hydrogen (secondary N) is 1. The van der Waals surface area contributed by atoms with Crippen molar-refractivity contribution in [2.75, 3.05) is 11.9 Å². The summed E-state index contributed by atoms with van der Waals surface area (Å²) in [5.74, 6) is 0.296. The summed E-state index contributed by atoms with van der Waals surface area (Å²) in [6.45, 7) is 6.33. The number of nitrogens with zero attached hydrogens (tertiary/aromatic N) is 1. The van der Waals surface area contributed by atoms with E-state index in [9.17, 15) is 10.1 Å². The third-order valence-electron chi connectivity index (χ3n) is 4.95. The standard InChI is InChI=1S/C27H24Cl2N2O3/c1-4-33-25-14-20(13-23(29)26(25)34-16-19-7-9-22(28)10-8-19)12-21(15-30)27(32)31-24-11-17(2)5-6-18(24)3/h5-14H,4,16H2,1-3H3,(H,31,32)/b21-12+. The van der Waals surface area contributed by atoms with E-state index in [-0.39, 0.29) is 12.2 Å². The van der Waals surface area contributed by atoms with Gasteiger partial charge < -0.3 is 14.8 Å². The second kappa shape index (κ2) is 11.6. The van der Waals surface area contributed by atoms with Crippen LogP contribution in [0.5, 0.6) is 11.5 Å². The van der Waals surface area contributed by atoms with Gasteiger partial charge in [-0.1, -0.05) is 47.5 Å². The second-order valence-corrected chi connectivity index (χ2v) is 8.46. The summed E-state index contributed by atoms with van der Waals surface area (Å²) in [6, 6.07) is 18.3. The van der Waals surface area contributed by atoms with Crippen LogP contribution < -0.4 is 14.8 Å². The van der Waals surface area contributed by atoms with E-state index in [2.05, 4.69) is 5.32 Å². The van der Waals surface area contributed by atoms with Crippen LogP contribution in [0, 0.1) is 25.2 Å². The first-order valence-corrected chi connectivity index (χ1v) is 11.4. The van der Waals surface area contributed by atoms with Gasteiger partial charge in [-0.15, -0.1) is 0 Å². The summed E-state index contributed by atoms with van der Waals surface area (Å²) in [7, 11) is 0. The lowest BCUT2D eigenvalue weighted by atomic mass is 10.1. The van der Waals surface area contributed by atoms with Gasteiger partial charge in [0, 0.05) is 10.7 Å². The zero-order valence-electron chi connectivity index (χ0n) is 19.1. The predicted molar refractivity (Wildman–Crippen MR) is 137 cm³/mol. The molecule has 0 heterocycles. The Morgan fingerprint density at radius 1 is 1.06 bits per heavy atom. The van der Waals surface area contributed by atoms with Crippen molar-refractivity contribution >= 4 is 40.9 Å². The largest absolute Gasteiger partial charge is 0.490 e. The van der Waals surface area contributed by atoms with Crippen LogP contribution in [0.15, 0.2) is 60.2 Å². The SMILES string of the molecule is CCOc1cc(/C=C(\C#N)C(=O)Nc2cc(C)ccc2C)cc(Cl)c1OCc1ccc(Cl)cc1. The molecule has 0 atom stereocenters. The molecular weight excluding hydrogens is 471 g/mol. The van der Waals surface area contributed by atoms with Gasteiger partial charge in [0.1, 0.15) is 18.2 Å². The first-order valence-electron chi connectivity index (χ1n) is 10.6. The van der Waals surface area contributed by atoms with Gasteiger partial charge in [0.15, 0.2) is 11.5 Å². The number of rotatable bonds is 8. The Balaban J connectivity index is 1.85. The molecule has 34 heavy (non-hydrogen) atoms. The number of carbonyl (C=O) groups excluding carboxylic acids is 1. The first kappa shape index (κ1) is 25.2. The van der Waals surface area contributed by atoms with Crippen LogP contribution in [0.1, 0.15) is 29.2 Å². The number of nitriles is 1. The number of hydrogen-bond acceptors (Lipinski definition) is 4. The molecule has 0 aliphatic heterocycles. The minimum absolute atomic E-state index is 0.0609. The van der Waals surface area contributed by atoms with Crippen LogP contribution in [0.3, 0.4) is 0 Å². The third-order valence-corrected chi connectivity index (χ3v) is 5.48. The lowest BCUT2D eigenvalue weighted by molar-refractivity contribution is -0.112. The van der Waals surface area contributed by atoms with Crippen LogP contribution >= 0.6 is 23.2 Å². The van der Waals surface area contributed by atoms with Crippen LogP contribution in [0.4, 0.5) is 5.69 Å². The second-order valence-electron chi connectivity index (χ2n) is 7.62. The summed E-state index contributed by atoms with van der Waals surface area (Å²) in [5.41, 5.74) is 3.96. The number of benzene rings is 3. The molecule has 0 aliphatic rings. The van der Waals surface area contributed by atoms with Crippen molar-refractivity contribution in [2.24, 2.45) is 0 Å². The van der Waals surface area contributed by atoms with Crippen molar-refractivity contribution in [1.82, 2.24) is 0 Å². The highest BCUT2D eigenvalue weighted by Crippen LogP contribution is 2.38. The molecule has 1 N–H and O–H groups in total. The van der Waals surface area contributed by atoms with Gasteiger partial charge in [-0.25, -0.2) is 0 Å². The van der Waals surface area contributed by atoms with Crippen molar-refractivity contribution in [2.45, 2.75) is 27.4 Å². The highest BCUT2D eigenvalue weighted by molar-refractivity contribution is 6.32. The number of carbonyl (C=O) groups is 1. The van der Waals surface area contributed by atoms with E-state index in [4.69, 9.17) is 32.7 Å². The van der Waals surface area contributed by atoms with Gasteiger partial charge in [-0.2, -0.15) is 5.26 Å². The first-order chi connectivity index (χ1) is 16.3. The zero-order valence-corrected chi connectivity index (χ0v) is 20.6. The van der Waals surface area contributed by atoms with E-state index >= 15 is 0 Å². The number of amides is 1. The van der Waals surface area contributed by atoms with Gasteiger partial charge >= 0.3 is 0 Å². The lowest BCUT2D eigenvalue weighted by Crippen LogP contribution is -2.14. The summed E-state index contributed by atoms with van der Waals surface area (Å²) in [6.07, 6.45) is 1.47. The van der Waals surface area contributed by atoms with E-state index < -0.39 is 5.91 Å². The molecule has 0 aromatic heterocycles. The maximum Gasteiger partial charge on any atom is 0.266 e. The molecule has 0 spiro atoms. The fourth-order valence-corrected chi connectivity index (χ4v) is 3.59. The van der Waals surface area contributed by atoms with Crippen molar-refractivity contribution in [3.05, 3.63) is 92.5 Å². The molecule has 0 bridgehead atoms. The van der Waals surface area contributed by atoms with Crippen LogP contribution in [-0.2, 0) is 11.4 Å². The smallest absolute Gasteiger partial charge is 0.266 e. The van der Waals surface area contributed by atoms with Crippen molar-refractivity contribution in [3.63, 3.8) is 0 Å². The molecule has 0 fully saturated rings. The third kappa shape index (κ3) is 6.54. The normalized spacial score (nSPS) is 11.0. The number of ether oxygens (including phenoxy) is 2. The van der Waals surface area contributed by atoms with E-state index in [1.54, 1.807) is 24.3 Å². The molecule has 0 saturated heterocycles. The van der Waals surface area contributed by atoms with Gasteiger partial charge in [0.2, 0.25) is 0 Å². The molecule has 0 radical (unpaired) electrons. The molecular formula is C27H24Cl2N2O3. The molecule has 3 aromatic carbocycles. The Bertz CT molecular complexity index is 1260. The van der Waals surface area contributed by atoms with Crippen LogP contribution in [-0.4, -0.2) is 12.5 Å². The van der Waals surface area contributed by atoms with Crippen molar-refractivity contribution < 1.29 is 14.3 Å². The minimum Gasteiger partial charge on any atom is -0.490 e. The summed E-state index contributed by atoms with van der Waals surface area (Å²) < 4.78 is 11.6. The Hall–Kier alpha value is -3.46. The van der Waals surface area contributed by atoms with Crippen molar-refractivity contribution in [1.29, 1.82) is 5.26 Å². The Morgan fingerprint density at radius 3 is 2.47 bits per heavy atom. The van der Waals surface area contributed by atoms with E-state index in [0.717, 1.165) is 16.7 Å². The Labute approximate surface area is 209 Å². The lowest BCUT2D eigenvalue weighted by Gasteiger charge is -2.15. The van der Waals surface area contributed by atoms with E-state index in [0.29, 0.717) is 39.4 Å². The molecule has 0 saturated carbocycles. The minimum atomic E-state index is -0.506. The number of anilines is 1. The molecule has 7 heteroatoms. The van der Waals surface area contributed by atoms with Gasteiger partial charge in [-0.3, -0.25) is 4.79 Å². The monoisotopic (exact) mass is 494 g/mol. The van der Waals surface area contributed by atoms with Crippen molar-refractivity contribution in [3.8, 4) is 17.6 Å². The summed E-state index contributed by atoms with van der Waals surface area (Å²) in [4.78, 5) is 12.8. The number of hydrogen-bond donors (Lipinski definition) is 1. The van der Waals surface area contributed by atoms with E-state index in [1.165, 1.54) is 6.08 Å². The van der Waals surface area contributed by atoms with Gasteiger partial charge in [0.05, 0.1) is 11.6 Å².